The summed E-state index contributed by atoms with van der Waals surface area (Å²) in [5, 5.41) is 19.7. The minimum Gasteiger partial charge on any atom is -0.391 e. The van der Waals surface area contributed by atoms with E-state index in [2.05, 4.69) is 10.2 Å². The van der Waals surface area contributed by atoms with E-state index in [0.29, 0.717) is 12.6 Å². The van der Waals surface area contributed by atoms with Gasteiger partial charge < -0.3 is 20.1 Å². The molecule has 2 aromatic heterocycles. The maximum atomic E-state index is 12.5. The third kappa shape index (κ3) is 4.49. The molecule has 4 heterocycles. The van der Waals surface area contributed by atoms with Crippen LogP contribution in [-0.4, -0.2) is 51.7 Å². The Hall–Kier alpha value is -1.97. The van der Waals surface area contributed by atoms with Crippen LogP contribution in [0.3, 0.4) is 0 Å². The maximum Gasteiger partial charge on any atom is 0.267 e. The molecule has 0 amide bonds. The highest BCUT2D eigenvalue weighted by Gasteiger charge is 2.29. The van der Waals surface area contributed by atoms with Crippen molar-refractivity contribution in [1.29, 1.82) is 0 Å². The molecule has 168 valence electrons. The Kier molecular flexibility index (Phi) is 6.24. The van der Waals surface area contributed by atoms with E-state index in [1.165, 1.54) is 21.7 Å². The summed E-state index contributed by atoms with van der Waals surface area (Å²) in [5.74, 6) is 0.829. The van der Waals surface area contributed by atoms with Crippen LogP contribution in [0, 0.1) is 0 Å². The highest BCUT2D eigenvalue weighted by atomic mass is 32.1. The van der Waals surface area contributed by atoms with E-state index in [-0.39, 0.29) is 11.6 Å². The second-order valence-corrected chi connectivity index (χ2v) is 9.89. The Morgan fingerprint density at radius 3 is 2.94 bits per heavy atom. The van der Waals surface area contributed by atoms with Crippen molar-refractivity contribution < 1.29 is 9.84 Å². The predicted molar refractivity (Wildman–Crippen MR) is 121 cm³/mol. The van der Waals surface area contributed by atoms with Gasteiger partial charge in [-0.1, -0.05) is 24.2 Å². The number of fused-ring (bicyclic) bond motifs is 1. The SMILES string of the molecule is O=c1ccc(N2CCCCC2CNc2nc3c(s2)COCC3)nn1C1CCCCC1O. The summed E-state index contributed by atoms with van der Waals surface area (Å²) >= 11 is 1.69. The molecule has 0 aromatic carbocycles. The lowest BCUT2D eigenvalue weighted by molar-refractivity contribution is 0.0669. The first-order valence-electron chi connectivity index (χ1n) is 11.5. The third-order valence-electron chi connectivity index (χ3n) is 6.72. The molecule has 3 atom stereocenters. The molecule has 1 aliphatic carbocycles. The van der Waals surface area contributed by atoms with Crippen molar-refractivity contribution in [2.45, 2.75) is 76.2 Å². The summed E-state index contributed by atoms with van der Waals surface area (Å²) in [7, 11) is 0. The molecule has 2 N–H and O–H groups in total. The molecular formula is C22H31N5O3S. The first kappa shape index (κ1) is 20.9. The van der Waals surface area contributed by atoms with E-state index in [9.17, 15) is 9.90 Å². The number of aliphatic hydroxyl groups is 1. The zero-order valence-electron chi connectivity index (χ0n) is 17.8. The molecule has 9 heteroatoms. The van der Waals surface area contributed by atoms with E-state index in [4.69, 9.17) is 14.8 Å². The first-order chi connectivity index (χ1) is 15.2. The van der Waals surface area contributed by atoms with Crippen LogP contribution < -0.4 is 15.8 Å². The van der Waals surface area contributed by atoms with Gasteiger partial charge >= 0.3 is 0 Å². The van der Waals surface area contributed by atoms with Crippen LogP contribution in [0.2, 0.25) is 0 Å². The molecule has 1 saturated carbocycles. The fourth-order valence-electron chi connectivity index (χ4n) is 5.00. The number of hydrogen-bond acceptors (Lipinski definition) is 8. The Labute approximate surface area is 186 Å². The highest BCUT2D eigenvalue weighted by Crippen LogP contribution is 2.30. The molecule has 3 unspecified atom stereocenters. The van der Waals surface area contributed by atoms with Crippen LogP contribution in [-0.2, 0) is 17.8 Å². The molecule has 3 aliphatic rings. The number of anilines is 2. The Bertz CT molecular complexity index is 937. The van der Waals surface area contributed by atoms with E-state index in [1.54, 1.807) is 17.4 Å². The minimum atomic E-state index is -0.493. The number of piperidine rings is 1. The summed E-state index contributed by atoms with van der Waals surface area (Å²) in [4.78, 5) is 20.8. The smallest absolute Gasteiger partial charge is 0.267 e. The number of thiazole rings is 1. The Balaban J connectivity index is 1.32. The first-order valence-corrected chi connectivity index (χ1v) is 12.4. The van der Waals surface area contributed by atoms with Gasteiger partial charge in [0.15, 0.2) is 5.13 Å². The zero-order chi connectivity index (χ0) is 21.2. The summed E-state index contributed by atoms with van der Waals surface area (Å²) < 4.78 is 7.07. The number of nitrogens with one attached hydrogen (secondary N) is 1. The van der Waals surface area contributed by atoms with E-state index >= 15 is 0 Å². The summed E-state index contributed by atoms with van der Waals surface area (Å²) in [6.07, 6.45) is 7.36. The van der Waals surface area contributed by atoms with Gasteiger partial charge in [0.25, 0.3) is 5.56 Å². The van der Waals surface area contributed by atoms with Crippen molar-refractivity contribution in [3.05, 3.63) is 33.1 Å². The van der Waals surface area contributed by atoms with Gasteiger partial charge in [-0.05, 0) is 38.2 Å². The predicted octanol–water partition coefficient (Wildman–Crippen LogP) is 2.72. The molecule has 2 aliphatic heterocycles. The zero-order valence-corrected chi connectivity index (χ0v) is 18.6. The molecule has 2 aromatic rings. The summed E-state index contributed by atoms with van der Waals surface area (Å²) in [6, 6.07) is 3.52. The molecular weight excluding hydrogens is 414 g/mol. The van der Waals surface area contributed by atoms with Gasteiger partial charge in [-0.3, -0.25) is 4.79 Å². The van der Waals surface area contributed by atoms with E-state index < -0.39 is 6.10 Å². The van der Waals surface area contributed by atoms with Crippen molar-refractivity contribution in [2.75, 3.05) is 29.9 Å². The maximum absolute atomic E-state index is 12.5. The molecule has 2 fully saturated rings. The molecule has 1 saturated heterocycles. The Morgan fingerprint density at radius 1 is 1.19 bits per heavy atom. The van der Waals surface area contributed by atoms with Crippen molar-refractivity contribution >= 4 is 22.3 Å². The van der Waals surface area contributed by atoms with Gasteiger partial charge in [0.2, 0.25) is 0 Å². The standard InChI is InChI=1S/C22H31N5O3S/c28-18-7-2-1-6-17(18)27-21(29)9-8-20(25-27)26-11-4-3-5-15(26)13-23-22-24-16-10-12-30-14-19(16)31-22/h8-9,15,17-18,28H,1-7,10-14H2,(H,23,24). The second kappa shape index (κ2) is 9.26. The number of aromatic nitrogens is 3. The van der Waals surface area contributed by atoms with Crippen molar-refractivity contribution in [1.82, 2.24) is 14.8 Å². The highest BCUT2D eigenvalue weighted by molar-refractivity contribution is 7.15. The van der Waals surface area contributed by atoms with Gasteiger partial charge in [0, 0.05) is 31.6 Å². The van der Waals surface area contributed by atoms with Crippen LogP contribution in [0.15, 0.2) is 16.9 Å². The van der Waals surface area contributed by atoms with Crippen LogP contribution in [0.4, 0.5) is 10.9 Å². The van der Waals surface area contributed by atoms with Gasteiger partial charge in [-0.2, -0.15) is 5.10 Å². The van der Waals surface area contributed by atoms with Crippen LogP contribution in [0.1, 0.15) is 61.6 Å². The van der Waals surface area contributed by atoms with E-state index in [0.717, 1.165) is 75.6 Å². The molecule has 31 heavy (non-hydrogen) atoms. The minimum absolute atomic E-state index is 0.128. The van der Waals surface area contributed by atoms with Crippen LogP contribution >= 0.6 is 11.3 Å². The quantitative estimate of drug-likeness (QED) is 0.731. The van der Waals surface area contributed by atoms with Gasteiger partial charge in [0.05, 0.1) is 35.9 Å². The lowest BCUT2D eigenvalue weighted by atomic mass is 9.93. The number of aliphatic hydroxyl groups excluding tert-OH is 1. The Morgan fingerprint density at radius 2 is 2.06 bits per heavy atom. The molecule has 0 radical (unpaired) electrons. The van der Waals surface area contributed by atoms with Crippen molar-refractivity contribution in [2.24, 2.45) is 0 Å². The fourth-order valence-corrected chi connectivity index (χ4v) is 5.96. The van der Waals surface area contributed by atoms with Crippen LogP contribution in [0.25, 0.3) is 0 Å². The lowest BCUT2D eigenvalue weighted by Crippen LogP contribution is -2.45. The van der Waals surface area contributed by atoms with Gasteiger partial charge in [-0.15, -0.1) is 0 Å². The third-order valence-corrected chi connectivity index (χ3v) is 7.75. The van der Waals surface area contributed by atoms with E-state index in [1.807, 2.05) is 6.07 Å². The number of ether oxygens (including phenoxy) is 1. The summed E-state index contributed by atoms with van der Waals surface area (Å²) in [6.45, 7) is 3.14. The van der Waals surface area contributed by atoms with Crippen LogP contribution in [0.5, 0.6) is 0 Å². The van der Waals surface area contributed by atoms with Gasteiger partial charge in [-0.25, -0.2) is 9.67 Å². The number of rotatable bonds is 5. The average molecular weight is 446 g/mol. The lowest BCUT2D eigenvalue weighted by Gasteiger charge is -2.37. The topological polar surface area (TPSA) is 92.5 Å². The van der Waals surface area contributed by atoms with Crippen molar-refractivity contribution in [3.8, 4) is 0 Å². The molecule has 0 bridgehead atoms. The normalized spacial score (nSPS) is 26.5. The molecule has 5 rings (SSSR count). The van der Waals surface area contributed by atoms with Crippen molar-refractivity contribution in [3.63, 3.8) is 0 Å². The monoisotopic (exact) mass is 445 g/mol. The second-order valence-electron chi connectivity index (χ2n) is 8.81. The largest absolute Gasteiger partial charge is 0.391 e. The number of hydrogen-bond donors (Lipinski definition) is 2. The molecule has 8 nitrogen and oxygen atoms in total. The summed E-state index contributed by atoms with van der Waals surface area (Å²) in [5.41, 5.74) is 1.04. The van der Waals surface area contributed by atoms with Gasteiger partial charge in [0.1, 0.15) is 5.82 Å². The average Bonchev–Trinajstić information content (AvgIpc) is 3.22. The number of nitrogens with zero attached hydrogens (tertiary/aromatic N) is 4. The fraction of sp³-hybridized carbons (Fsp3) is 0.682. The molecule has 0 spiro atoms.